The van der Waals surface area contributed by atoms with Crippen molar-refractivity contribution in [2.45, 2.75) is 20.3 Å². The van der Waals surface area contributed by atoms with Gasteiger partial charge in [-0.15, -0.1) is 0 Å². The molecule has 6 nitrogen and oxygen atoms in total. The number of para-hydroxylation sites is 1. The third-order valence-electron chi connectivity index (χ3n) is 5.73. The minimum absolute atomic E-state index is 0.141. The van der Waals surface area contributed by atoms with E-state index in [0.717, 1.165) is 37.1 Å². The molecule has 0 aliphatic carbocycles. The maximum absolute atomic E-state index is 12.8. The van der Waals surface area contributed by atoms with E-state index in [0.29, 0.717) is 13.0 Å². The summed E-state index contributed by atoms with van der Waals surface area (Å²) in [6, 6.07) is 16.9. The Bertz CT molecular complexity index is 1020. The van der Waals surface area contributed by atoms with Crippen LogP contribution in [-0.2, 0) is 11.2 Å². The van der Waals surface area contributed by atoms with Gasteiger partial charge in [-0.05, 0) is 31.0 Å². The Kier molecular flexibility index (Phi) is 6.51. The van der Waals surface area contributed by atoms with E-state index < -0.39 is 0 Å². The summed E-state index contributed by atoms with van der Waals surface area (Å²) in [6.45, 7) is 7.75. The van der Waals surface area contributed by atoms with Crippen molar-refractivity contribution in [2.24, 2.45) is 0 Å². The molecule has 0 atom stereocenters. The largest absolute Gasteiger partial charge is 0.368 e. The number of aromatic nitrogens is 2. The van der Waals surface area contributed by atoms with Crippen molar-refractivity contribution in [1.82, 2.24) is 14.3 Å². The second-order valence-corrected chi connectivity index (χ2v) is 8.90. The molecular formula is C24H29N5OS. The first kappa shape index (κ1) is 21.3. The maximum Gasteiger partial charge on any atom is 0.242 e. The minimum atomic E-state index is 0.141. The Morgan fingerprint density at radius 3 is 2.45 bits per heavy atom. The Morgan fingerprint density at radius 2 is 1.74 bits per heavy atom. The molecule has 0 bridgehead atoms. The predicted molar refractivity (Wildman–Crippen MR) is 127 cm³/mol. The number of carbonyl (C=O) groups is 1. The van der Waals surface area contributed by atoms with Crippen molar-refractivity contribution in [3.8, 4) is 0 Å². The highest BCUT2D eigenvalue weighted by Crippen LogP contribution is 2.21. The van der Waals surface area contributed by atoms with Crippen molar-refractivity contribution >= 4 is 28.3 Å². The second kappa shape index (κ2) is 9.47. The van der Waals surface area contributed by atoms with E-state index in [-0.39, 0.29) is 5.91 Å². The fourth-order valence-corrected chi connectivity index (χ4v) is 4.49. The molecule has 1 fully saturated rings. The predicted octanol–water partition coefficient (Wildman–Crippen LogP) is 3.53. The van der Waals surface area contributed by atoms with Gasteiger partial charge in [-0.3, -0.25) is 4.79 Å². The van der Waals surface area contributed by atoms with Crippen LogP contribution in [0.25, 0.3) is 0 Å². The van der Waals surface area contributed by atoms with Gasteiger partial charge < -0.3 is 14.7 Å². The minimum Gasteiger partial charge on any atom is -0.368 e. The summed E-state index contributed by atoms with van der Waals surface area (Å²) in [4.78, 5) is 23.7. The molecule has 0 saturated carbocycles. The Balaban J connectivity index is 1.29. The molecule has 2 heterocycles. The van der Waals surface area contributed by atoms with Crippen LogP contribution in [0.1, 0.15) is 22.5 Å². The van der Waals surface area contributed by atoms with E-state index in [1.165, 1.54) is 33.9 Å². The highest BCUT2D eigenvalue weighted by Gasteiger charge is 2.23. The van der Waals surface area contributed by atoms with Crippen LogP contribution in [0.4, 0.5) is 10.8 Å². The molecule has 2 aromatic carbocycles. The molecule has 31 heavy (non-hydrogen) atoms. The third kappa shape index (κ3) is 5.22. The summed E-state index contributed by atoms with van der Waals surface area (Å²) in [5.74, 6) is 0.942. The van der Waals surface area contributed by atoms with Gasteiger partial charge in [-0.2, -0.15) is 4.37 Å². The molecule has 162 valence electrons. The van der Waals surface area contributed by atoms with E-state index in [1.807, 2.05) is 16.8 Å². The van der Waals surface area contributed by atoms with Crippen LogP contribution in [0.5, 0.6) is 0 Å². The number of aryl methyl sites for hydroxylation is 2. The van der Waals surface area contributed by atoms with Crippen molar-refractivity contribution in [1.29, 1.82) is 0 Å². The lowest BCUT2D eigenvalue weighted by molar-refractivity contribution is -0.129. The molecule has 1 aliphatic rings. The zero-order valence-electron chi connectivity index (χ0n) is 18.4. The maximum atomic E-state index is 12.8. The van der Waals surface area contributed by atoms with Gasteiger partial charge in [0, 0.05) is 56.9 Å². The number of amides is 1. The molecule has 1 aromatic heterocycles. The Hall–Kier alpha value is -2.93. The SMILES string of the molecule is Cc1ccc(Cc2nsc(N(C)CC(=O)N3CCN(c4ccccc4C)CC3)n2)cc1. The molecule has 0 N–H and O–H groups in total. The highest BCUT2D eigenvalue weighted by atomic mass is 32.1. The summed E-state index contributed by atoms with van der Waals surface area (Å²) < 4.78 is 4.48. The van der Waals surface area contributed by atoms with Gasteiger partial charge in [0.05, 0.1) is 6.54 Å². The second-order valence-electron chi connectivity index (χ2n) is 8.17. The quantitative estimate of drug-likeness (QED) is 0.593. The Morgan fingerprint density at radius 1 is 1.03 bits per heavy atom. The number of hydrogen-bond donors (Lipinski definition) is 0. The van der Waals surface area contributed by atoms with Crippen LogP contribution in [0, 0.1) is 13.8 Å². The van der Waals surface area contributed by atoms with Gasteiger partial charge in [-0.1, -0.05) is 48.0 Å². The first-order valence-corrected chi connectivity index (χ1v) is 11.4. The number of likely N-dealkylation sites (N-methyl/N-ethyl adjacent to an activating group) is 1. The number of rotatable bonds is 6. The lowest BCUT2D eigenvalue weighted by Gasteiger charge is -2.37. The number of nitrogens with zero attached hydrogens (tertiary/aromatic N) is 5. The highest BCUT2D eigenvalue weighted by molar-refractivity contribution is 7.09. The zero-order valence-corrected chi connectivity index (χ0v) is 19.2. The first-order chi connectivity index (χ1) is 15.0. The van der Waals surface area contributed by atoms with E-state index in [4.69, 9.17) is 0 Å². The van der Waals surface area contributed by atoms with Crippen LogP contribution in [0.15, 0.2) is 48.5 Å². The standard InChI is InChI=1S/C24H29N5OS/c1-18-8-10-20(11-9-18)16-22-25-24(31-26-22)27(3)17-23(30)29-14-12-28(13-15-29)21-7-5-4-6-19(21)2/h4-11H,12-17H2,1-3H3. The fourth-order valence-electron chi connectivity index (χ4n) is 3.85. The van der Waals surface area contributed by atoms with Crippen molar-refractivity contribution in [3.05, 3.63) is 71.0 Å². The summed E-state index contributed by atoms with van der Waals surface area (Å²) in [6.07, 6.45) is 0.708. The lowest BCUT2D eigenvalue weighted by atomic mass is 10.1. The van der Waals surface area contributed by atoms with Gasteiger partial charge in [-0.25, -0.2) is 4.98 Å². The van der Waals surface area contributed by atoms with Gasteiger partial charge in [0.15, 0.2) is 0 Å². The van der Waals surface area contributed by atoms with E-state index >= 15 is 0 Å². The summed E-state index contributed by atoms with van der Waals surface area (Å²) >= 11 is 1.35. The Labute approximate surface area is 188 Å². The van der Waals surface area contributed by atoms with Crippen LogP contribution in [0.2, 0.25) is 0 Å². The molecule has 0 radical (unpaired) electrons. The van der Waals surface area contributed by atoms with Gasteiger partial charge >= 0.3 is 0 Å². The first-order valence-electron chi connectivity index (χ1n) is 10.7. The topological polar surface area (TPSA) is 52.6 Å². The zero-order chi connectivity index (χ0) is 21.8. The molecule has 0 unspecified atom stereocenters. The number of piperazine rings is 1. The van der Waals surface area contributed by atoms with Gasteiger partial charge in [0.25, 0.3) is 0 Å². The smallest absolute Gasteiger partial charge is 0.242 e. The summed E-state index contributed by atoms with van der Waals surface area (Å²) in [7, 11) is 1.91. The third-order valence-corrected chi connectivity index (χ3v) is 6.60. The van der Waals surface area contributed by atoms with E-state index in [2.05, 4.69) is 76.6 Å². The molecule has 7 heteroatoms. The van der Waals surface area contributed by atoms with Crippen molar-refractivity contribution in [3.63, 3.8) is 0 Å². The number of carbonyl (C=O) groups excluding carboxylic acids is 1. The summed E-state index contributed by atoms with van der Waals surface area (Å²) in [5, 5.41) is 0.786. The average Bonchev–Trinajstić information content (AvgIpc) is 3.24. The number of hydrogen-bond acceptors (Lipinski definition) is 6. The number of anilines is 2. The van der Waals surface area contributed by atoms with Crippen LogP contribution < -0.4 is 9.80 Å². The van der Waals surface area contributed by atoms with Crippen molar-refractivity contribution in [2.75, 3.05) is 49.6 Å². The number of benzene rings is 2. The van der Waals surface area contributed by atoms with Crippen LogP contribution >= 0.6 is 11.5 Å². The molecule has 1 saturated heterocycles. The monoisotopic (exact) mass is 435 g/mol. The van der Waals surface area contributed by atoms with Crippen LogP contribution in [-0.4, -0.2) is 59.9 Å². The lowest BCUT2D eigenvalue weighted by Crippen LogP contribution is -2.51. The van der Waals surface area contributed by atoms with Crippen molar-refractivity contribution < 1.29 is 4.79 Å². The molecule has 1 aliphatic heterocycles. The molecular weight excluding hydrogens is 406 g/mol. The fraction of sp³-hybridized carbons (Fsp3) is 0.375. The average molecular weight is 436 g/mol. The molecule has 3 aromatic rings. The summed E-state index contributed by atoms with van der Waals surface area (Å²) in [5.41, 5.74) is 4.98. The molecule has 4 rings (SSSR count). The normalized spacial score (nSPS) is 14.0. The van der Waals surface area contributed by atoms with E-state index in [9.17, 15) is 4.79 Å². The molecule has 0 spiro atoms. The van der Waals surface area contributed by atoms with Crippen LogP contribution in [0.3, 0.4) is 0 Å². The van der Waals surface area contributed by atoms with Gasteiger partial charge in [0.2, 0.25) is 11.0 Å². The molecule has 1 amide bonds. The van der Waals surface area contributed by atoms with Gasteiger partial charge in [0.1, 0.15) is 5.82 Å². The van der Waals surface area contributed by atoms with E-state index in [1.54, 1.807) is 0 Å².